The molecule has 0 unspecified atom stereocenters. The summed E-state index contributed by atoms with van der Waals surface area (Å²) in [5, 5.41) is 4.20. The van der Waals surface area contributed by atoms with Gasteiger partial charge >= 0.3 is 7.12 Å². The largest absolute Gasteiger partial charge is 0.496 e. The third-order valence-electron chi connectivity index (χ3n) is 21.8. The number of hydrogen-bond acceptors (Lipinski definition) is 19. The van der Waals surface area contributed by atoms with Gasteiger partial charge in [0.2, 0.25) is 0 Å². The van der Waals surface area contributed by atoms with Crippen LogP contribution in [-0.2, 0) is 54.3 Å². The zero-order valence-electron chi connectivity index (χ0n) is 61.5. The fourth-order valence-corrected chi connectivity index (χ4v) is 15.0. The number of likely N-dealkylation sites (tertiary alicyclic amines) is 4. The van der Waals surface area contributed by atoms with Gasteiger partial charge in [0.15, 0.2) is 0 Å². The lowest BCUT2D eigenvalue weighted by Crippen LogP contribution is -2.41. The molecule has 1 N–H and O–H groups in total. The Morgan fingerprint density at radius 3 is 1.38 bits per heavy atom. The van der Waals surface area contributed by atoms with Crippen LogP contribution in [0.5, 0.6) is 0 Å². The topological polar surface area (TPSA) is 198 Å². The SMILES string of the molecule is CC1(C)OB(c2cnc3c(c2)C=CC3)OC1(C)C.CN1CCC(Cc2cncc(-c3cnc4c(c3)C(Cl)=CC4)n2)CC1.CN1CCC(Cc2cncc(-c3cnc4c(c3)C(F)=CC4)n2)CC1.CN1CCC(Cc2cncc(-c3cnc4c(c3)C=CC4)n2)CC1.CN1CCC(Nc2cncc(Br)n2)CC1. The van der Waals surface area contributed by atoms with Crippen molar-refractivity contribution < 1.29 is 13.7 Å². The van der Waals surface area contributed by atoms with Crippen molar-refractivity contribution in [1.29, 1.82) is 0 Å². The number of anilines is 1. The van der Waals surface area contributed by atoms with Gasteiger partial charge < -0.3 is 34.2 Å². The van der Waals surface area contributed by atoms with Crippen LogP contribution in [0.15, 0.2) is 128 Å². The molecule has 0 spiro atoms. The highest BCUT2D eigenvalue weighted by molar-refractivity contribution is 9.10. The van der Waals surface area contributed by atoms with Crippen LogP contribution in [0, 0.1) is 17.8 Å². The third-order valence-corrected chi connectivity index (χ3v) is 22.5. The van der Waals surface area contributed by atoms with E-state index in [1.165, 1.54) is 88.7 Å². The van der Waals surface area contributed by atoms with Crippen molar-refractivity contribution >= 4 is 68.9 Å². The van der Waals surface area contributed by atoms with Gasteiger partial charge in [0.25, 0.3) is 0 Å². The molecule has 0 bridgehead atoms. The molecule has 104 heavy (non-hydrogen) atoms. The first-order valence-electron chi connectivity index (χ1n) is 37.1. The summed E-state index contributed by atoms with van der Waals surface area (Å²) in [5.74, 6) is 2.79. The lowest BCUT2D eigenvalue weighted by atomic mass is 9.79. The maximum absolute atomic E-state index is 13.8. The number of allylic oxidation sites excluding steroid dienone is 4. The van der Waals surface area contributed by atoms with Gasteiger partial charge in [0, 0.05) is 113 Å². The van der Waals surface area contributed by atoms with Crippen molar-refractivity contribution in [2.45, 2.75) is 141 Å². The monoisotopic (exact) mass is 1480 g/mol. The molecule has 8 aromatic rings. The van der Waals surface area contributed by atoms with Gasteiger partial charge in [-0.1, -0.05) is 48.0 Å². The average molecular weight is 1490 g/mol. The Kier molecular flexibility index (Phi) is 24.5. The van der Waals surface area contributed by atoms with E-state index in [9.17, 15) is 4.39 Å². The molecular formula is C81H97BBrClFN17O2. The first-order valence-corrected chi connectivity index (χ1v) is 38.2. The predicted molar refractivity (Wildman–Crippen MR) is 417 cm³/mol. The minimum absolute atomic E-state index is 0.185. The van der Waals surface area contributed by atoms with Gasteiger partial charge in [-0.15, -0.1) is 0 Å². The van der Waals surface area contributed by atoms with Crippen LogP contribution in [0.3, 0.4) is 0 Å². The quantitative estimate of drug-likeness (QED) is 0.113. The van der Waals surface area contributed by atoms with Gasteiger partial charge in [-0.3, -0.25) is 39.9 Å². The number of pyridine rings is 4. The highest BCUT2D eigenvalue weighted by Gasteiger charge is 2.52. The Labute approximate surface area is 626 Å². The maximum atomic E-state index is 13.8. The molecule has 5 fully saturated rings. The second-order valence-corrected chi connectivity index (χ2v) is 31.5. The van der Waals surface area contributed by atoms with Crippen molar-refractivity contribution in [2.75, 3.05) is 85.9 Å². The average Bonchev–Trinajstić information content (AvgIpc) is 1.62. The van der Waals surface area contributed by atoms with E-state index < -0.39 is 0 Å². The van der Waals surface area contributed by atoms with Gasteiger partial charge in [-0.2, -0.15) is 0 Å². The molecular weight excluding hydrogens is 1390 g/mol. The summed E-state index contributed by atoms with van der Waals surface area (Å²) < 4.78 is 26.6. The van der Waals surface area contributed by atoms with Crippen LogP contribution >= 0.6 is 27.5 Å². The standard InChI is InChI=1S/C19H21ClN4.C19H21FN4.C19H22N4.C14H18BNO2.C10H15BrN4/c2*1-24-6-4-13(5-7-24)8-15-11-21-12-19(23-15)14-9-16-17(20)2-3-18(16)22-10-14;1-23-7-5-14(6-8-23)9-17-12-20-13-19(22-17)16-10-15-3-2-4-18(15)21-11-16;1-13(2)14(3,4)18-15(17-13)11-8-10-6-5-7-12(10)16-9-11;1-15-4-2-8(3-5-15)13-10-7-12-6-9(11)14-10/h2*2,9-13H,3-8H2,1H3;2-3,10-14H,4-9H2,1H3;5-6,8-9H,7H2,1-4H3;6-8H,2-5H2,1H3,(H,13,14). The minimum atomic E-state index is -0.318. The van der Waals surface area contributed by atoms with Crippen molar-refractivity contribution in [3.63, 3.8) is 0 Å². The number of nitrogens with zero attached hydrogens (tertiary/aromatic N) is 16. The van der Waals surface area contributed by atoms with E-state index in [0.29, 0.717) is 29.9 Å². The summed E-state index contributed by atoms with van der Waals surface area (Å²) in [7, 11) is 8.41. The summed E-state index contributed by atoms with van der Waals surface area (Å²) in [6.45, 7) is 17.6. The predicted octanol–water partition coefficient (Wildman–Crippen LogP) is 13.5. The second-order valence-electron chi connectivity index (χ2n) is 30.3. The zero-order chi connectivity index (χ0) is 72.3. The van der Waals surface area contributed by atoms with Crippen LogP contribution < -0.4 is 10.8 Å². The summed E-state index contributed by atoms with van der Waals surface area (Å²) in [6, 6.07) is 8.75. The number of halogens is 3. The number of aromatic nitrogens is 12. The van der Waals surface area contributed by atoms with Crippen molar-refractivity contribution in [3.8, 4) is 33.8 Å². The Hall–Kier alpha value is -7.80. The Bertz CT molecular complexity index is 4260. The first kappa shape index (κ1) is 74.5. The Balaban J connectivity index is 0.000000117. The Morgan fingerprint density at radius 2 is 0.894 bits per heavy atom. The molecule has 23 heteroatoms. The maximum Gasteiger partial charge on any atom is 0.496 e. The normalized spacial score (nSPS) is 19.4. The molecule has 5 saturated heterocycles. The number of piperidine rings is 4. The summed E-state index contributed by atoms with van der Waals surface area (Å²) >= 11 is 9.57. The van der Waals surface area contributed by atoms with E-state index >= 15 is 0 Å². The molecule has 0 aromatic carbocycles. The second kappa shape index (κ2) is 34.2. The van der Waals surface area contributed by atoms with E-state index in [1.807, 2.05) is 61.7 Å². The number of rotatable bonds is 12. The van der Waals surface area contributed by atoms with Crippen LogP contribution in [0.25, 0.3) is 56.8 Å². The van der Waals surface area contributed by atoms with Crippen LogP contribution in [0.2, 0.25) is 0 Å². The molecule has 13 heterocycles. The summed E-state index contributed by atoms with van der Waals surface area (Å²) in [4.78, 5) is 63.4. The van der Waals surface area contributed by atoms with E-state index in [-0.39, 0.29) is 24.1 Å². The van der Waals surface area contributed by atoms with Crippen LogP contribution in [-0.4, -0.2) is 184 Å². The van der Waals surface area contributed by atoms with E-state index in [0.717, 1.165) is 171 Å². The molecule has 19 nitrogen and oxygen atoms in total. The van der Waals surface area contributed by atoms with Gasteiger partial charge in [-0.25, -0.2) is 24.3 Å². The van der Waals surface area contributed by atoms with Gasteiger partial charge in [-0.05, 0) is 248 Å². The highest BCUT2D eigenvalue weighted by Crippen LogP contribution is 2.38. The third kappa shape index (κ3) is 19.4. The highest BCUT2D eigenvalue weighted by atomic mass is 79.9. The Morgan fingerprint density at radius 1 is 0.481 bits per heavy atom. The van der Waals surface area contributed by atoms with E-state index in [1.54, 1.807) is 30.9 Å². The molecule has 5 aliphatic heterocycles. The molecule has 0 radical (unpaired) electrons. The number of nitrogens with one attached hydrogen (secondary N) is 1. The van der Waals surface area contributed by atoms with Crippen molar-refractivity contribution in [1.82, 2.24) is 79.4 Å². The first-order chi connectivity index (χ1) is 50.3. The molecule has 4 aliphatic carbocycles. The molecule has 0 atom stereocenters. The molecule has 9 aliphatic rings. The van der Waals surface area contributed by atoms with Crippen LogP contribution in [0.1, 0.15) is 141 Å². The van der Waals surface area contributed by atoms with Crippen molar-refractivity contribution in [2.24, 2.45) is 17.8 Å². The van der Waals surface area contributed by atoms with E-state index in [4.69, 9.17) is 35.9 Å². The fourth-order valence-electron chi connectivity index (χ4n) is 14.5. The van der Waals surface area contributed by atoms with Gasteiger partial charge in [0.1, 0.15) is 16.2 Å². The summed E-state index contributed by atoms with van der Waals surface area (Å²) in [5.41, 5.74) is 17.2. The van der Waals surface area contributed by atoms with E-state index in [2.05, 4.69) is 184 Å². The summed E-state index contributed by atoms with van der Waals surface area (Å²) in [6.07, 6.45) is 50.1. The molecule has 542 valence electrons. The lowest BCUT2D eigenvalue weighted by molar-refractivity contribution is 0.00578. The molecule has 17 rings (SSSR count). The number of fused-ring (bicyclic) bond motifs is 4. The fraction of sp³-hybridized carbons (Fsp3) is 0.457. The molecule has 8 aromatic heterocycles. The van der Waals surface area contributed by atoms with Crippen molar-refractivity contribution in [3.05, 3.63) is 190 Å². The number of hydrogen-bond donors (Lipinski definition) is 1. The minimum Gasteiger partial charge on any atom is -0.399 e. The zero-order valence-corrected chi connectivity index (χ0v) is 63.8. The lowest BCUT2D eigenvalue weighted by Gasteiger charge is -2.32. The van der Waals surface area contributed by atoms with Crippen LogP contribution in [0.4, 0.5) is 10.2 Å². The van der Waals surface area contributed by atoms with Gasteiger partial charge in [0.05, 0.1) is 99.1 Å². The molecule has 0 saturated carbocycles. The smallest absolute Gasteiger partial charge is 0.399 e. The molecule has 0 amide bonds.